The van der Waals surface area contributed by atoms with Crippen LogP contribution < -0.4 is 5.73 Å². The number of pyridine rings is 1. The Kier molecular flexibility index (Phi) is 6.08. The van der Waals surface area contributed by atoms with Gasteiger partial charge in [0.15, 0.2) is 0 Å². The van der Waals surface area contributed by atoms with Gasteiger partial charge in [-0.25, -0.2) is 4.98 Å². The van der Waals surface area contributed by atoms with E-state index in [2.05, 4.69) is 23.2 Å². The third-order valence-corrected chi connectivity index (χ3v) is 6.70. The Morgan fingerprint density at radius 3 is 2.64 bits per heavy atom. The van der Waals surface area contributed by atoms with Crippen LogP contribution in [0.3, 0.4) is 0 Å². The molecule has 3 rings (SSSR count). The van der Waals surface area contributed by atoms with E-state index >= 15 is 0 Å². The summed E-state index contributed by atoms with van der Waals surface area (Å²) in [5, 5.41) is 0.541. The second-order valence-electron chi connectivity index (χ2n) is 7.39. The molecule has 1 aromatic heterocycles. The predicted molar refractivity (Wildman–Crippen MR) is 113 cm³/mol. The molecule has 148 valence electrons. The number of hydrogen-bond acceptors (Lipinski definition) is 4. The number of fused-ring (bicyclic) bond motifs is 1. The van der Waals surface area contributed by atoms with Crippen molar-refractivity contribution < 1.29 is 9.59 Å². The minimum absolute atomic E-state index is 0.0276. The molecule has 5 nitrogen and oxygen atoms in total. The van der Waals surface area contributed by atoms with E-state index in [-0.39, 0.29) is 17.7 Å². The molecular formula is C22H27N3O2S. The quantitative estimate of drug-likeness (QED) is 0.780. The van der Waals surface area contributed by atoms with E-state index in [1.54, 1.807) is 0 Å². The molecule has 0 fully saturated rings. The van der Waals surface area contributed by atoms with Gasteiger partial charge in [0.1, 0.15) is 5.03 Å². The van der Waals surface area contributed by atoms with Crippen LogP contribution in [0.4, 0.5) is 0 Å². The van der Waals surface area contributed by atoms with Gasteiger partial charge in [-0.2, -0.15) is 0 Å². The van der Waals surface area contributed by atoms with Crippen LogP contribution in [0.2, 0.25) is 0 Å². The Bertz CT molecular complexity index is 926. The number of thioether (sulfide) groups is 1. The first-order valence-electron chi connectivity index (χ1n) is 9.55. The van der Waals surface area contributed by atoms with E-state index in [0.29, 0.717) is 10.6 Å². The second-order valence-corrected chi connectivity index (χ2v) is 8.36. The Balaban J connectivity index is 1.77. The SMILES string of the molecule is Cc1nc(SCC(=O)N(C)[C@H]2CCCc3ccccc32)c(C(N)=O)c(C)c1C. The van der Waals surface area contributed by atoms with Crippen LogP contribution in [0.25, 0.3) is 0 Å². The van der Waals surface area contributed by atoms with Crippen molar-refractivity contribution in [3.8, 4) is 0 Å². The van der Waals surface area contributed by atoms with E-state index in [0.717, 1.165) is 36.1 Å². The summed E-state index contributed by atoms with van der Waals surface area (Å²) >= 11 is 1.29. The lowest BCUT2D eigenvalue weighted by atomic mass is 9.87. The number of carbonyl (C=O) groups is 2. The summed E-state index contributed by atoms with van der Waals surface area (Å²) in [4.78, 5) is 31.2. The molecule has 1 aromatic carbocycles. The molecule has 0 aliphatic heterocycles. The van der Waals surface area contributed by atoms with Gasteiger partial charge in [0.25, 0.3) is 5.91 Å². The number of primary amides is 1. The van der Waals surface area contributed by atoms with Crippen molar-refractivity contribution in [2.45, 2.75) is 51.1 Å². The fourth-order valence-corrected chi connectivity index (χ4v) is 4.91. The van der Waals surface area contributed by atoms with Gasteiger partial charge >= 0.3 is 0 Å². The molecule has 2 N–H and O–H groups in total. The molecule has 0 unspecified atom stereocenters. The molecular weight excluding hydrogens is 370 g/mol. The van der Waals surface area contributed by atoms with E-state index in [1.165, 1.54) is 22.9 Å². The molecule has 1 atom stereocenters. The summed E-state index contributed by atoms with van der Waals surface area (Å²) in [5.41, 5.74) is 11.2. The monoisotopic (exact) mass is 397 g/mol. The van der Waals surface area contributed by atoms with Crippen LogP contribution in [0.15, 0.2) is 29.3 Å². The molecule has 0 radical (unpaired) electrons. The number of aromatic nitrogens is 1. The summed E-state index contributed by atoms with van der Waals surface area (Å²) in [5.74, 6) is -0.248. The zero-order chi connectivity index (χ0) is 20.4. The Morgan fingerprint density at radius 2 is 1.93 bits per heavy atom. The lowest BCUT2D eigenvalue weighted by Crippen LogP contribution is -2.34. The van der Waals surface area contributed by atoms with Crippen LogP contribution >= 0.6 is 11.8 Å². The van der Waals surface area contributed by atoms with Crippen molar-refractivity contribution in [3.63, 3.8) is 0 Å². The molecule has 0 saturated carbocycles. The third-order valence-electron chi connectivity index (χ3n) is 5.74. The maximum Gasteiger partial charge on any atom is 0.251 e. The molecule has 1 heterocycles. The van der Waals surface area contributed by atoms with E-state index in [9.17, 15) is 9.59 Å². The first kappa shape index (κ1) is 20.4. The third kappa shape index (κ3) is 3.92. The zero-order valence-corrected chi connectivity index (χ0v) is 17.7. The highest BCUT2D eigenvalue weighted by Gasteiger charge is 2.27. The average molecular weight is 398 g/mol. The van der Waals surface area contributed by atoms with Gasteiger partial charge in [0.05, 0.1) is 17.4 Å². The van der Waals surface area contributed by atoms with Crippen LogP contribution in [-0.2, 0) is 11.2 Å². The topological polar surface area (TPSA) is 76.3 Å². The van der Waals surface area contributed by atoms with Gasteiger partial charge in [-0.3, -0.25) is 9.59 Å². The maximum atomic E-state index is 12.9. The number of rotatable bonds is 5. The lowest BCUT2D eigenvalue weighted by Gasteiger charge is -2.33. The van der Waals surface area contributed by atoms with Crippen molar-refractivity contribution in [2.24, 2.45) is 5.73 Å². The van der Waals surface area contributed by atoms with Crippen LogP contribution in [0.5, 0.6) is 0 Å². The van der Waals surface area contributed by atoms with Gasteiger partial charge in [-0.05, 0) is 62.3 Å². The van der Waals surface area contributed by atoms with E-state index in [1.807, 2.05) is 38.8 Å². The number of nitrogens with two attached hydrogens (primary N) is 1. The Hall–Kier alpha value is -2.34. The fraction of sp³-hybridized carbons (Fsp3) is 0.409. The number of benzene rings is 1. The smallest absolute Gasteiger partial charge is 0.251 e. The predicted octanol–water partition coefficient (Wildman–Crippen LogP) is 3.73. The van der Waals surface area contributed by atoms with Gasteiger partial charge < -0.3 is 10.6 Å². The van der Waals surface area contributed by atoms with Crippen molar-refractivity contribution in [2.75, 3.05) is 12.8 Å². The van der Waals surface area contributed by atoms with Gasteiger partial charge in [-0.1, -0.05) is 36.0 Å². The van der Waals surface area contributed by atoms with Crippen LogP contribution in [-0.4, -0.2) is 34.5 Å². The average Bonchev–Trinajstić information content (AvgIpc) is 2.68. The second kappa shape index (κ2) is 8.35. The minimum atomic E-state index is -0.502. The normalized spacial score (nSPS) is 15.8. The largest absolute Gasteiger partial charge is 0.366 e. The molecule has 2 amide bonds. The number of carbonyl (C=O) groups excluding carboxylic acids is 2. The highest BCUT2D eigenvalue weighted by molar-refractivity contribution is 8.00. The molecule has 0 bridgehead atoms. The van der Waals surface area contributed by atoms with Crippen molar-refractivity contribution in [1.82, 2.24) is 9.88 Å². The molecule has 1 aliphatic rings. The molecule has 1 aliphatic carbocycles. The van der Waals surface area contributed by atoms with E-state index in [4.69, 9.17) is 5.73 Å². The Morgan fingerprint density at radius 1 is 1.21 bits per heavy atom. The Labute approximate surface area is 170 Å². The summed E-state index contributed by atoms with van der Waals surface area (Å²) in [6.45, 7) is 5.71. The van der Waals surface area contributed by atoms with Crippen molar-refractivity contribution in [1.29, 1.82) is 0 Å². The highest BCUT2D eigenvalue weighted by atomic mass is 32.2. The fourth-order valence-electron chi connectivity index (χ4n) is 3.84. The van der Waals surface area contributed by atoms with Gasteiger partial charge in [0, 0.05) is 12.7 Å². The lowest BCUT2D eigenvalue weighted by molar-refractivity contribution is -0.129. The van der Waals surface area contributed by atoms with Crippen molar-refractivity contribution in [3.05, 3.63) is 57.8 Å². The van der Waals surface area contributed by atoms with Crippen molar-refractivity contribution >= 4 is 23.6 Å². The standard InChI is InChI=1S/C22H27N3O2S/c1-13-14(2)20(21(23)27)22(24-15(13)3)28-12-19(26)25(4)18-11-7-9-16-8-5-6-10-17(16)18/h5-6,8,10,18H,7,9,11-12H2,1-4H3,(H2,23,27)/t18-/m0/s1. The molecule has 0 spiro atoms. The molecule has 0 saturated heterocycles. The minimum Gasteiger partial charge on any atom is -0.366 e. The molecule has 28 heavy (non-hydrogen) atoms. The first-order chi connectivity index (χ1) is 13.3. The van der Waals surface area contributed by atoms with Crippen LogP contribution in [0, 0.1) is 20.8 Å². The first-order valence-corrected chi connectivity index (χ1v) is 10.5. The van der Waals surface area contributed by atoms with Gasteiger partial charge in [-0.15, -0.1) is 0 Å². The summed E-state index contributed by atoms with van der Waals surface area (Å²) < 4.78 is 0. The highest BCUT2D eigenvalue weighted by Crippen LogP contribution is 2.34. The summed E-state index contributed by atoms with van der Waals surface area (Å²) in [7, 11) is 1.86. The zero-order valence-electron chi connectivity index (χ0n) is 16.9. The molecule has 2 aromatic rings. The maximum absolute atomic E-state index is 12.9. The molecule has 6 heteroatoms. The van der Waals surface area contributed by atoms with E-state index < -0.39 is 5.91 Å². The summed E-state index contributed by atoms with van der Waals surface area (Å²) in [6.07, 6.45) is 3.12. The number of nitrogens with zero attached hydrogens (tertiary/aromatic N) is 2. The number of aryl methyl sites for hydroxylation is 2. The van der Waals surface area contributed by atoms with Crippen LogP contribution in [0.1, 0.15) is 57.2 Å². The number of hydrogen-bond donors (Lipinski definition) is 1. The van der Waals surface area contributed by atoms with Gasteiger partial charge in [0.2, 0.25) is 5.91 Å². The summed E-state index contributed by atoms with van der Waals surface area (Å²) in [6, 6.07) is 8.46. The number of amides is 2.